The van der Waals surface area contributed by atoms with Crippen LogP contribution >= 0.6 is 24.0 Å². The van der Waals surface area contributed by atoms with Crippen LogP contribution in [0, 0.1) is 0 Å². The van der Waals surface area contributed by atoms with Crippen LogP contribution in [0.1, 0.15) is 43.4 Å². The van der Waals surface area contributed by atoms with Crippen molar-refractivity contribution in [3.63, 3.8) is 0 Å². The molecule has 3 rings (SSSR count). The fourth-order valence-corrected chi connectivity index (χ4v) is 3.43. The third kappa shape index (κ3) is 6.91. The second kappa shape index (κ2) is 12.6. The van der Waals surface area contributed by atoms with E-state index in [1.807, 2.05) is 0 Å². The number of nitrogens with zero attached hydrogens (tertiary/aromatic N) is 4. The summed E-state index contributed by atoms with van der Waals surface area (Å²) in [7, 11) is 1.65. The number of guanidine groups is 1. The van der Waals surface area contributed by atoms with E-state index in [1.165, 1.54) is 6.42 Å². The van der Waals surface area contributed by atoms with E-state index in [1.54, 1.807) is 32.2 Å². The van der Waals surface area contributed by atoms with E-state index >= 15 is 0 Å². The molecule has 1 aliphatic rings. The van der Waals surface area contributed by atoms with E-state index < -0.39 is 6.61 Å². The number of fused-ring (bicyclic) bond motifs is 1. The summed E-state index contributed by atoms with van der Waals surface area (Å²) in [6, 6.07) is 5.05. The van der Waals surface area contributed by atoms with Crippen LogP contribution in [-0.4, -0.2) is 41.0 Å². The number of aryl methyl sites for hydroxylation is 1. The normalized spacial score (nSPS) is 13.8. The van der Waals surface area contributed by atoms with Crippen molar-refractivity contribution in [1.82, 2.24) is 25.4 Å². The Bertz CT molecular complexity index is 862. The number of rotatable bonds is 8. The maximum atomic E-state index is 12.9. The molecule has 0 saturated carbocycles. The summed E-state index contributed by atoms with van der Waals surface area (Å²) in [6.45, 7) is 0.818. The quantitative estimate of drug-likeness (QED) is 0.298. The van der Waals surface area contributed by atoms with E-state index in [4.69, 9.17) is 9.47 Å². The molecule has 0 amide bonds. The van der Waals surface area contributed by atoms with Crippen LogP contribution in [0.4, 0.5) is 8.78 Å². The number of benzene rings is 1. The molecule has 0 saturated heterocycles. The highest BCUT2D eigenvalue weighted by molar-refractivity contribution is 14.0. The zero-order valence-electron chi connectivity index (χ0n) is 17.7. The highest BCUT2D eigenvalue weighted by atomic mass is 127. The van der Waals surface area contributed by atoms with Gasteiger partial charge < -0.3 is 24.7 Å². The molecule has 1 aromatic heterocycles. The zero-order chi connectivity index (χ0) is 21.3. The number of aliphatic imine (C=N–C) groups is 1. The van der Waals surface area contributed by atoms with Gasteiger partial charge in [-0.1, -0.05) is 18.6 Å². The number of hydrogen-bond acceptors (Lipinski definition) is 5. The van der Waals surface area contributed by atoms with Crippen molar-refractivity contribution in [3.05, 3.63) is 35.4 Å². The van der Waals surface area contributed by atoms with E-state index in [2.05, 4.69) is 30.4 Å². The lowest BCUT2D eigenvalue weighted by atomic mass is 10.2. The molecule has 11 heteroatoms. The first-order valence-corrected chi connectivity index (χ1v) is 10.2. The number of aromatic nitrogens is 3. The van der Waals surface area contributed by atoms with E-state index in [0.29, 0.717) is 24.7 Å². The van der Waals surface area contributed by atoms with Crippen molar-refractivity contribution in [1.29, 1.82) is 0 Å². The minimum absolute atomic E-state index is 0. The SMILES string of the molecule is CCOc1cccc(CNC(=NC)NCc2nnc3n2CCCCC3)c1OC(F)F.I. The monoisotopic (exact) mass is 550 g/mol. The van der Waals surface area contributed by atoms with Gasteiger partial charge in [-0.3, -0.25) is 4.99 Å². The van der Waals surface area contributed by atoms with Gasteiger partial charge in [0.15, 0.2) is 23.3 Å². The predicted octanol–water partition coefficient (Wildman–Crippen LogP) is 3.49. The average molecular weight is 550 g/mol. The lowest BCUT2D eigenvalue weighted by Crippen LogP contribution is -2.37. The van der Waals surface area contributed by atoms with Gasteiger partial charge in [-0.15, -0.1) is 34.2 Å². The van der Waals surface area contributed by atoms with Crippen molar-refractivity contribution in [2.45, 2.75) is 58.9 Å². The largest absolute Gasteiger partial charge is 0.490 e. The van der Waals surface area contributed by atoms with E-state index in [9.17, 15) is 8.78 Å². The summed E-state index contributed by atoms with van der Waals surface area (Å²) in [5, 5.41) is 14.9. The zero-order valence-corrected chi connectivity index (χ0v) is 20.1. The molecule has 31 heavy (non-hydrogen) atoms. The molecule has 0 spiro atoms. The van der Waals surface area contributed by atoms with Crippen LogP contribution in [0.25, 0.3) is 0 Å². The molecule has 2 N–H and O–H groups in total. The van der Waals surface area contributed by atoms with Gasteiger partial charge in [0, 0.05) is 32.1 Å². The van der Waals surface area contributed by atoms with E-state index in [0.717, 1.165) is 37.5 Å². The standard InChI is InChI=1S/C20H28F2N6O2.HI/c1-3-29-15-9-7-8-14(18(15)30-19(21)22)12-24-20(23-2)25-13-17-27-26-16-10-5-4-6-11-28(16)17;/h7-9,19H,3-6,10-13H2,1-2H3,(H2,23,24,25);1H. The molecule has 1 aromatic carbocycles. The molecular formula is C20H29F2IN6O2. The molecular weight excluding hydrogens is 521 g/mol. The van der Waals surface area contributed by atoms with Gasteiger partial charge in [-0.2, -0.15) is 8.78 Å². The smallest absolute Gasteiger partial charge is 0.387 e. The Morgan fingerprint density at radius 3 is 2.74 bits per heavy atom. The van der Waals surface area contributed by atoms with Crippen LogP contribution in [0.5, 0.6) is 11.5 Å². The topological polar surface area (TPSA) is 85.6 Å². The minimum atomic E-state index is -2.94. The summed E-state index contributed by atoms with van der Waals surface area (Å²) >= 11 is 0. The molecule has 8 nitrogen and oxygen atoms in total. The Hall–Kier alpha value is -2.18. The first kappa shape index (κ1) is 25.1. The van der Waals surface area contributed by atoms with Crippen molar-refractivity contribution in [2.24, 2.45) is 4.99 Å². The summed E-state index contributed by atoms with van der Waals surface area (Å²) < 4.78 is 38.1. The van der Waals surface area contributed by atoms with Crippen LogP contribution < -0.4 is 20.1 Å². The first-order chi connectivity index (χ1) is 14.6. The number of nitrogens with one attached hydrogen (secondary N) is 2. The summed E-state index contributed by atoms with van der Waals surface area (Å²) in [5.41, 5.74) is 0.542. The second-order valence-electron chi connectivity index (χ2n) is 6.83. The third-order valence-corrected chi connectivity index (χ3v) is 4.84. The maximum absolute atomic E-state index is 12.9. The highest BCUT2D eigenvalue weighted by Crippen LogP contribution is 2.32. The van der Waals surface area contributed by atoms with Crippen LogP contribution in [0.3, 0.4) is 0 Å². The number of ether oxygens (including phenoxy) is 2. The molecule has 2 aromatic rings. The van der Waals surface area contributed by atoms with Crippen molar-refractivity contribution in [3.8, 4) is 11.5 Å². The van der Waals surface area contributed by atoms with Gasteiger partial charge in [0.2, 0.25) is 0 Å². The summed E-state index contributed by atoms with van der Waals surface area (Å²) in [6.07, 6.45) is 4.40. The summed E-state index contributed by atoms with van der Waals surface area (Å²) in [4.78, 5) is 4.20. The van der Waals surface area contributed by atoms with Crippen molar-refractivity contribution < 1.29 is 18.3 Å². The fourth-order valence-electron chi connectivity index (χ4n) is 3.43. The molecule has 0 unspecified atom stereocenters. The molecule has 0 atom stereocenters. The molecule has 0 fully saturated rings. The average Bonchev–Trinajstić information content (AvgIpc) is 2.96. The van der Waals surface area contributed by atoms with Crippen LogP contribution in [0.15, 0.2) is 23.2 Å². The Morgan fingerprint density at radius 2 is 2.00 bits per heavy atom. The van der Waals surface area contributed by atoms with Crippen LogP contribution in [-0.2, 0) is 26.1 Å². The Balaban J connectivity index is 0.00000341. The lowest BCUT2D eigenvalue weighted by molar-refractivity contribution is -0.0520. The molecule has 0 bridgehead atoms. The number of halogens is 3. The summed E-state index contributed by atoms with van der Waals surface area (Å²) in [5.74, 6) is 2.71. The highest BCUT2D eigenvalue weighted by Gasteiger charge is 2.17. The molecule has 1 aliphatic heterocycles. The van der Waals surface area contributed by atoms with Gasteiger partial charge in [-0.05, 0) is 25.8 Å². The van der Waals surface area contributed by atoms with Crippen molar-refractivity contribution in [2.75, 3.05) is 13.7 Å². The lowest BCUT2D eigenvalue weighted by Gasteiger charge is -2.17. The molecule has 172 valence electrons. The van der Waals surface area contributed by atoms with Crippen LogP contribution in [0.2, 0.25) is 0 Å². The predicted molar refractivity (Wildman–Crippen MR) is 124 cm³/mol. The van der Waals surface area contributed by atoms with Gasteiger partial charge >= 0.3 is 6.61 Å². The maximum Gasteiger partial charge on any atom is 0.387 e. The van der Waals surface area contributed by atoms with Gasteiger partial charge in [-0.25, -0.2) is 0 Å². The number of alkyl halides is 2. The van der Waals surface area contributed by atoms with Gasteiger partial charge in [0.1, 0.15) is 5.82 Å². The first-order valence-electron chi connectivity index (χ1n) is 10.2. The number of hydrogen-bond donors (Lipinski definition) is 2. The minimum Gasteiger partial charge on any atom is -0.490 e. The Kier molecular flexibility index (Phi) is 10.2. The van der Waals surface area contributed by atoms with Gasteiger partial charge in [0.05, 0.1) is 13.2 Å². The third-order valence-electron chi connectivity index (χ3n) is 4.84. The molecule has 0 aliphatic carbocycles. The fraction of sp³-hybridized carbons (Fsp3) is 0.550. The Morgan fingerprint density at radius 1 is 1.19 bits per heavy atom. The van der Waals surface area contributed by atoms with Gasteiger partial charge in [0.25, 0.3) is 0 Å². The van der Waals surface area contributed by atoms with Crippen molar-refractivity contribution >= 4 is 29.9 Å². The second-order valence-corrected chi connectivity index (χ2v) is 6.83. The van der Waals surface area contributed by atoms with E-state index in [-0.39, 0.29) is 42.0 Å². The molecule has 2 heterocycles. The number of para-hydroxylation sites is 1. The Labute approximate surface area is 197 Å². The molecule has 0 radical (unpaired) electrons.